The minimum absolute atomic E-state index is 0.0863. The van der Waals surface area contributed by atoms with E-state index in [4.69, 9.17) is 4.98 Å². The maximum absolute atomic E-state index is 13.1. The lowest BCUT2D eigenvalue weighted by Crippen LogP contribution is -2.48. The summed E-state index contributed by atoms with van der Waals surface area (Å²) < 4.78 is 28.5. The number of aryl methyl sites for hydroxylation is 2. The molecule has 0 unspecified atom stereocenters. The molecule has 1 amide bonds. The van der Waals surface area contributed by atoms with Gasteiger partial charge in [0.1, 0.15) is 0 Å². The van der Waals surface area contributed by atoms with Crippen molar-refractivity contribution >= 4 is 42.6 Å². The van der Waals surface area contributed by atoms with Crippen LogP contribution in [-0.2, 0) is 16.6 Å². The van der Waals surface area contributed by atoms with Crippen LogP contribution in [0.15, 0.2) is 71.6 Å². The molecule has 7 nitrogen and oxygen atoms in total. The number of carbonyl (C=O) groups is 1. The quantitative estimate of drug-likeness (QED) is 0.359. The summed E-state index contributed by atoms with van der Waals surface area (Å²) in [5, 5.41) is 0.987. The van der Waals surface area contributed by atoms with Crippen molar-refractivity contribution in [2.45, 2.75) is 25.3 Å². The Kier molecular flexibility index (Phi) is 7.02. The van der Waals surface area contributed by atoms with Crippen LogP contribution in [0.3, 0.4) is 0 Å². The van der Waals surface area contributed by atoms with Crippen molar-refractivity contribution in [1.29, 1.82) is 0 Å². The Bertz CT molecular complexity index is 1490. The molecule has 1 aromatic heterocycles. The number of benzene rings is 3. The summed E-state index contributed by atoms with van der Waals surface area (Å²) in [5.41, 5.74) is 4.92. The number of nitrogens with zero attached hydrogens (tertiary/aromatic N) is 4. The first-order chi connectivity index (χ1) is 17.7. The number of hydrogen-bond acceptors (Lipinski definition) is 6. The first-order valence-corrected chi connectivity index (χ1v) is 14.5. The zero-order chi connectivity index (χ0) is 26.2. The predicted molar refractivity (Wildman–Crippen MR) is 149 cm³/mol. The molecule has 1 saturated heterocycles. The average molecular weight is 535 g/mol. The second-order valence-corrected chi connectivity index (χ2v) is 12.5. The monoisotopic (exact) mass is 534 g/mol. The molecular formula is C28H30N4O3S2. The van der Waals surface area contributed by atoms with E-state index >= 15 is 0 Å². The zero-order valence-electron chi connectivity index (χ0n) is 21.2. The molecule has 0 N–H and O–H groups in total. The van der Waals surface area contributed by atoms with E-state index in [0.717, 1.165) is 16.2 Å². The molecule has 5 rings (SSSR count). The van der Waals surface area contributed by atoms with Gasteiger partial charge in [-0.15, -0.1) is 0 Å². The van der Waals surface area contributed by atoms with Crippen LogP contribution in [0.1, 0.15) is 27.0 Å². The molecule has 0 saturated carbocycles. The van der Waals surface area contributed by atoms with Crippen LogP contribution in [-0.4, -0.2) is 61.7 Å². The highest BCUT2D eigenvalue weighted by Gasteiger charge is 2.25. The molecule has 1 aliphatic rings. The molecule has 2 heterocycles. The molecule has 192 valence electrons. The highest BCUT2D eigenvalue weighted by Crippen LogP contribution is 2.31. The third kappa shape index (κ3) is 5.25. The van der Waals surface area contributed by atoms with Gasteiger partial charge >= 0.3 is 0 Å². The van der Waals surface area contributed by atoms with E-state index in [-0.39, 0.29) is 17.3 Å². The van der Waals surface area contributed by atoms with Gasteiger partial charge in [-0.1, -0.05) is 41.7 Å². The van der Waals surface area contributed by atoms with Gasteiger partial charge in [-0.25, -0.2) is 13.4 Å². The van der Waals surface area contributed by atoms with Gasteiger partial charge in [-0.2, -0.15) is 4.31 Å². The fourth-order valence-electron chi connectivity index (χ4n) is 4.46. The summed E-state index contributed by atoms with van der Waals surface area (Å²) in [5.74, 6) is -0.0863. The smallest absolute Gasteiger partial charge is 0.253 e. The van der Waals surface area contributed by atoms with Crippen molar-refractivity contribution in [1.82, 2.24) is 14.2 Å². The van der Waals surface area contributed by atoms with E-state index in [0.29, 0.717) is 31.7 Å². The van der Waals surface area contributed by atoms with Crippen molar-refractivity contribution < 1.29 is 13.2 Å². The molecule has 0 radical (unpaired) electrons. The summed E-state index contributed by atoms with van der Waals surface area (Å²) in [6.07, 6.45) is 0. The maximum Gasteiger partial charge on any atom is 0.253 e. The normalized spacial score (nSPS) is 14.5. The van der Waals surface area contributed by atoms with Gasteiger partial charge in [0.05, 0.1) is 15.1 Å². The number of carbonyl (C=O) groups excluding carboxylic acids is 1. The average Bonchev–Trinajstić information content (AvgIpc) is 3.32. The number of hydrogen-bond donors (Lipinski definition) is 0. The van der Waals surface area contributed by atoms with Crippen molar-refractivity contribution in [2.24, 2.45) is 0 Å². The van der Waals surface area contributed by atoms with E-state index in [1.807, 2.05) is 35.2 Å². The van der Waals surface area contributed by atoms with Crippen LogP contribution in [0.4, 0.5) is 5.13 Å². The fourth-order valence-corrected chi connectivity index (χ4v) is 6.72. The Morgan fingerprint density at radius 1 is 0.946 bits per heavy atom. The molecule has 1 aliphatic heterocycles. The molecule has 3 aromatic carbocycles. The summed E-state index contributed by atoms with van der Waals surface area (Å²) >= 11 is 1.69. The summed E-state index contributed by atoms with van der Waals surface area (Å²) in [6.45, 7) is 7.09. The van der Waals surface area contributed by atoms with Crippen molar-refractivity contribution in [2.75, 3.05) is 38.1 Å². The zero-order valence-corrected chi connectivity index (χ0v) is 22.8. The summed E-state index contributed by atoms with van der Waals surface area (Å²) in [4.78, 5) is 22.2. The molecule has 9 heteroatoms. The number of aromatic nitrogens is 1. The van der Waals surface area contributed by atoms with Crippen LogP contribution in [0.5, 0.6) is 0 Å². The molecule has 0 spiro atoms. The van der Waals surface area contributed by atoms with Crippen LogP contribution in [0, 0.1) is 13.8 Å². The van der Waals surface area contributed by atoms with Crippen LogP contribution >= 0.6 is 11.3 Å². The van der Waals surface area contributed by atoms with Gasteiger partial charge in [0.2, 0.25) is 10.0 Å². The number of anilines is 1. The minimum atomic E-state index is -3.66. The van der Waals surface area contributed by atoms with E-state index in [1.54, 1.807) is 30.5 Å². The lowest BCUT2D eigenvalue weighted by molar-refractivity contribution is 0.0746. The Morgan fingerprint density at radius 2 is 1.59 bits per heavy atom. The molecule has 0 bridgehead atoms. The van der Waals surface area contributed by atoms with Gasteiger partial charge in [-0.3, -0.25) is 4.79 Å². The van der Waals surface area contributed by atoms with Crippen LogP contribution in [0.2, 0.25) is 0 Å². The molecule has 0 atom stereocenters. The molecule has 37 heavy (non-hydrogen) atoms. The first-order valence-electron chi connectivity index (χ1n) is 12.2. The van der Waals surface area contributed by atoms with Gasteiger partial charge < -0.3 is 9.80 Å². The number of fused-ring (bicyclic) bond motifs is 1. The Hall–Kier alpha value is -3.27. The Morgan fingerprint density at radius 3 is 2.27 bits per heavy atom. The maximum atomic E-state index is 13.1. The SMILES string of the molecule is Cc1cc2nc(N3CCN(C(=O)c4ccc(S(=O)(=O)N(C)Cc5ccccc5)cc4)CC3)sc2cc1C. The number of thiazole rings is 1. The van der Waals surface area contributed by atoms with Gasteiger partial charge in [0, 0.05) is 45.3 Å². The minimum Gasteiger partial charge on any atom is -0.345 e. The predicted octanol–water partition coefficient (Wildman–Crippen LogP) is 4.70. The van der Waals surface area contributed by atoms with Crippen LogP contribution < -0.4 is 4.90 Å². The standard InChI is InChI=1S/C28H30N4O3S2/c1-20-17-25-26(18-21(20)2)36-28(29-25)32-15-13-31(14-16-32)27(33)23-9-11-24(12-10-23)37(34,35)30(3)19-22-7-5-4-6-8-22/h4-12,17-18H,13-16,19H2,1-3H3. The first kappa shape index (κ1) is 25.4. The van der Waals surface area contributed by atoms with Gasteiger partial charge in [0.15, 0.2) is 5.13 Å². The van der Waals surface area contributed by atoms with Crippen molar-refractivity contribution in [3.8, 4) is 0 Å². The fraction of sp³-hybridized carbons (Fsp3) is 0.286. The topological polar surface area (TPSA) is 73.8 Å². The van der Waals surface area contributed by atoms with E-state index < -0.39 is 10.0 Å². The van der Waals surface area contributed by atoms with Gasteiger partial charge in [0.25, 0.3) is 5.91 Å². The largest absolute Gasteiger partial charge is 0.345 e. The highest BCUT2D eigenvalue weighted by atomic mass is 32.2. The highest BCUT2D eigenvalue weighted by molar-refractivity contribution is 7.89. The van der Waals surface area contributed by atoms with E-state index in [1.165, 1.54) is 32.3 Å². The molecule has 1 fully saturated rings. The second kappa shape index (κ2) is 10.2. The Labute approximate surface area is 222 Å². The lowest BCUT2D eigenvalue weighted by Gasteiger charge is -2.34. The molecule has 4 aromatic rings. The lowest BCUT2D eigenvalue weighted by atomic mass is 10.1. The third-order valence-electron chi connectivity index (χ3n) is 6.89. The number of amides is 1. The van der Waals surface area contributed by atoms with Crippen molar-refractivity contribution in [3.05, 3.63) is 89.0 Å². The molecule has 0 aliphatic carbocycles. The number of rotatable bonds is 6. The van der Waals surface area contributed by atoms with Crippen LogP contribution in [0.25, 0.3) is 10.2 Å². The summed E-state index contributed by atoms with van der Waals surface area (Å²) in [6, 6.07) is 20.0. The number of piperazine rings is 1. The van der Waals surface area contributed by atoms with Crippen molar-refractivity contribution in [3.63, 3.8) is 0 Å². The van der Waals surface area contributed by atoms with E-state index in [9.17, 15) is 13.2 Å². The number of sulfonamides is 1. The Balaban J connectivity index is 1.22. The van der Waals surface area contributed by atoms with Gasteiger partial charge in [-0.05, 0) is 66.9 Å². The summed E-state index contributed by atoms with van der Waals surface area (Å²) in [7, 11) is -2.10. The molecular weight excluding hydrogens is 504 g/mol. The second-order valence-electron chi connectivity index (χ2n) is 9.45. The van der Waals surface area contributed by atoms with E-state index in [2.05, 4.69) is 30.9 Å². The third-order valence-corrected chi connectivity index (χ3v) is 9.78.